The number of rotatable bonds is 37. The summed E-state index contributed by atoms with van der Waals surface area (Å²) < 4.78 is 0. The normalized spacial score (nSPS) is 17.5. The van der Waals surface area contributed by atoms with Crippen molar-refractivity contribution in [3.8, 4) is 5.75 Å². The predicted molar refractivity (Wildman–Crippen MR) is 358 cm³/mol. The van der Waals surface area contributed by atoms with E-state index in [0.717, 1.165) is 0 Å². The fourth-order valence-corrected chi connectivity index (χ4v) is 11.7. The first-order valence-electron chi connectivity index (χ1n) is 33.4. The van der Waals surface area contributed by atoms with Crippen molar-refractivity contribution in [1.29, 1.82) is 0 Å². The number of carbonyl (C=O) groups is 11. The minimum atomic E-state index is -1.36. The lowest BCUT2D eigenvalue weighted by molar-refractivity contribution is -0.145. The molecule has 3 aromatic rings. The molecular weight excluding hydrogens is 1220 g/mol. The van der Waals surface area contributed by atoms with Crippen LogP contribution < -0.4 is 59.7 Å². The lowest BCUT2D eigenvalue weighted by Gasteiger charge is -2.32. The molecule has 3 aromatic carbocycles. The molecule has 16 N–H and O–H groups in total. The van der Waals surface area contributed by atoms with Gasteiger partial charge in [-0.05, 0) is 130 Å². The Morgan fingerprint density at radius 2 is 0.821 bits per heavy atom. The molecule has 26 nitrogen and oxygen atoms in total. The number of hydrogen-bond acceptors (Lipinski definition) is 15. The molecule has 0 aromatic heterocycles. The fraction of sp³-hybridized carbons (Fsp3) is 0.580. The highest BCUT2D eigenvalue weighted by molar-refractivity contribution is 5.99. The number of aliphatic carboxylic acids is 1. The van der Waals surface area contributed by atoms with Gasteiger partial charge in [0.2, 0.25) is 59.1 Å². The summed E-state index contributed by atoms with van der Waals surface area (Å²) in [6.07, 6.45) is 2.23. The van der Waals surface area contributed by atoms with Crippen LogP contribution in [0.5, 0.6) is 5.75 Å². The number of carbonyl (C=O) groups excluding carboxylic acids is 10. The van der Waals surface area contributed by atoms with Gasteiger partial charge >= 0.3 is 5.97 Å². The number of aromatic hydroxyl groups is 1. The van der Waals surface area contributed by atoms with Crippen LogP contribution in [0, 0.1) is 23.7 Å². The number of nitrogens with two attached hydrogens (primary N) is 3. The molecule has 0 aliphatic carbocycles. The number of phenolic OH excluding ortho intramolecular Hbond substituents is 1. The maximum absolute atomic E-state index is 14.9. The maximum atomic E-state index is 14.9. The quantitative estimate of drug-likeness (QED) is 0.0390. The Morgan fingerprint density at radius 3 is 1.21 bits per heavy atom. The summed E-state index contributed by atoms with van der Waals surface area (Å²) in [6.45, 7) is 15.0. The van der Waals surface area contributed by atoms with Crippen LogP contribution in [0.15, 0.2) is 84.9 Å². The van der Waals surface area contributed by atoms with Gasteiger partial charge in [0.15, 0.2) is 0 Å². The van der Waals surface area contributed by atoms with E-state index in [-0.39, 0.29) is 114 Å². The molecule has 2 aliphatic heterocycles. The summed E-state index contributed by atoms with van der Waals surface area (Å²) in [6, 6.07) is 10.8. The molecule has 5 rings (SSSR count). The molecule has 11 atom stereocenters. The van der Waals surface area contributed by atoms with Crippen LogP contribution in [0.4, 0.5) is 0 Å². The number of hydrogen-bond donors (Lipinski definition) is 13. The third-order valence-corrected chi connectivity index (χ3v) is 17.1. The second-order valence-electron chi connectivity index (χ2n) is 26.5. The van der Waals surface area contributed by atoms with E-state index in [1.807, 2.05) is 27.7 Å². The van der Waals surface area contributed by atoms with E-state index in [2.05, 4.69) is 42.5 Å². The molecule has 0 bridgehead atoms. The van der Waals surface area contributed by atoms with E-state index in [1.54, 1.807) is 100 Å². The second-order valence-corrected chi connectivity index (χ2v) is 26.5. The molecule has 2 aliphatic rings. The molecule has 0 spiro atoms. The van der Waals surface area contributed by atoms with Crippen molar-refractivity contribution in [2.24, 2.45) is 40.9 Å². The monoisotopic (exact) mass is 1320 g/mol. The van der Waals surface area contributed by atoms with E-state index < -0.39 is 137 Å². The van der Waals surface area contributed by atoms with Gasteiger partial charge in [-0.15, -0.1) is 0 Å². The number of amides is 10. The van der Waals surface area contributed by atoms with Crippen molar-refractivity contribution < 1.29 is 63.0 Å². The summed E-state index contributed by atoms with van der Waals surface area (Å²) in [5, 5.41) is 42.2. The van der Waals surface area contributed by atoms with Gasteiger partial charge in [0.1, 0.15) is 66.2 Å². The SMILES string of the molecule is CC(C)C[C@H](NC(=O)[C@H](CCCN)NC(=O)[C@@H](N)C(C)C)C(=O)N[C@H](Cc1ccccc1)C(=O)N1CCC[C@H]1C(=O)N[C@H](C(=O)N[C@@H](CCCN)C(=O)N[C@@H](CC(C)C)C(=O)N[C@H](Cc1ccccc1)C(=O)N1CCC[C@H]1C(=O)N[C@H](Cc1ccc(O)cc1)C(=O)O)C(C)C. The first-order valence-corrected chi connectivity index (χ1v) is 33.4. The van der Waals surface area contributed by atoms with Gasteiger partial charge in [-0.25, -0.2) is 4.79 Å². The van der Waals surface area contributed by atoms with Crippen molar-refractivity contribution >= 4 is 65.0 Å². The molecule has 0 unspecified atom stereocenters. The average molecular weight is 1320 g/mol. The zero-order chi connectivity index (χ0) is 70.1. The van der Waals surface area contributed by atoms with Crippen LogP contribution in [0.25, 0.3) is 0 Å². The van der Waals surface area contributed by atoms with E-state index in [1.165, 1.54) is 21.9 Å². The maximum Gasteiger partial charge on any atom is 0.326 e. The summed E-state index contributed by atoms with van der Waals surface area (Å²) >= 11 is 0. The van der Waals surface area contributed by atoms with Crippen LogP contribution in [-0.4, -0.2) is 178 Å². The zero-order valence-electron chi connectivity index (χ0n) is 56.3. The van der Waals surface area contributed by atoms with Gasteiger partial charge in [-0.2, -0.15) is 0 Å². The first kappa shape index (κ1) is 77.2. The summed E-state index contributed by atoms with van der Waals surface area (Å²) in [5.74, 6) is -8.98. The number of nitrogens with zero attached hydrogens (tertiary/aromatic N) is 2. The smallest absolute Gasteiger partial charge is 0.326 e. The minimum Gasteiger partial charge on any atom is -0.508 e. The molecule has 2 fully saturated rings. The first-order chi connectivity index (χ1) is 45.1. The molecule has 0 saturated carbocycles. The second kappa shape index (κ2) is 38.2. The lowest BCUT2D eigenvalue weighted by atomic mass is 9.99. The number of nitrogens with one attached hydrogen (secondary N) is 8. The van der Waals surface area contributed by atoms with E-state index in [4.69, 9.17) is 17.2 Å². The minimum absolute atomic E-state index is 0.0115. The molecule has 10 amide bonds. The number of benzene rings is 3. The van der Waals surface area contributed by atoms with E-state index in [0.29, 0.717) is 36.0 Å². The summed E-state index contributed by atoms with van der Waals surface area (Å²) in [5.41, 5.74) is 19.8. The van der Waals surface area contributed by atoms with Crippen molar-refractivity contribution in [3.05, 3.63) is 102 Å². The van der Waals surface area contributed by atoms with Gasteiger partial charge in [0, 0.05) is 32.4 Å². The van der Waals surface area contributed by atoms with Crippen LogP contribution in [0.1, 0.15) is 136 Å². The Bertz CT molecular complexity index is 3040. The van der Waals surface area contributed by atoms with Crippen LogP contribution in [0.3, 0.4) is 0 Å². The van der Waals surface area contributed by atoms with Gasteiger partial charge in [0.25, 0.3) is 0 Å². The molecule has 26 heteroatoms. The Kier molecular flexibility index (Phi) is 31.0. The van der Waals surface area contributed by atoms with Crippen LogP contribution >= 0.6 is 0 Å². The number of phenols is 1. The third-order valence-electron chi connectivity index (χ3n) is 17.1. The van der Waals surface area contributed by atoms with Crippen molar-refractivity contribution in [2.45, 2.75) is 205 Å². The van der Waals surface area contributed by atoms with Gasteiger partial charge in [-0.3, -0.25) is 47.9 Å². The fourth-order valence-electron chi connectivity index (χ4n) is 11.7. The predicted octanol–water partition coefficient (Wildman–Crippen LogP) is 1.57. The summed E-state index contributed by atoms with van der Waals surface area (Å²) in [7, 11) is 0. The topological polar surface area (TPSA) is 409 Å². The van der Waals surface area contributed by atoms with Crippen molar-refractivity contribution in [3.63, 3.8) is 0 Å². The highest BCUT2D eigenvalue weighted by Crippen LogP contribution is 2.24. The number of carboxylic acid groups (broad SMARTS) is 1. The van der Waals surface area contributed by atoms with Crippen LogP contribution in [0.2, 0.25) is 0 Å². The molecule has 2 saturated heterocycles. The molecule has 522 valence electrons. The van der Waals surface area contributed by atoms with Crippen molar-refractivity contribution in [1.82, 2.24) is 52.3 Å². The highest BCUT2D eigenvalue weighted by Gasteiger charge is 2.43. The van der Waals surface area contributed by atoms with Gasteiger partial charge in [-0.1, -0.05) is 128 Å². The van der Waals surface area contributed by atoms with Crippen LogP contribution in [-0.2, 0) is 72.0 Å². The Labute approximate surface area is 557 Å². The Hall–Kier alpha value is -8.49. The molecule has 0 radical (unpaired) electrons. The number of likely N-dealkylation sites (tertiary alicyclic amines) is 2. The molecular formula is C69H103N13O13. The van der Waals surface area contributed by atoms with E-state index >= 15 is 0 Å². The molecule has 2 heterocycles. The van der Waals surface area contributed by atoms with E-state index in [9.17, 15) is 63.0 Å². The highest BCUT2D eigenvalue weighted by atomic mass is 16.4. The zero-order valence-corrected chi connectivity index (χ0v) is 56.3. The molecule has 95 heavy (non-hydrogen) atoms. The average Bonchev–Trinajstić information content (AvgIpc) is 1.85. The van der Waals surface area contributed by atoms with Gasteiger partial charge < -0.3 is 79.7 Å². The largest absolute Gasteiger partial charge is 0.508 e. The number of carboxylic acids is 1. The summed E-state index contributed by atoms with van der Waals surface area (Å²) in [4.78, 5) is 159. The van der Waals surface area contributed by atoms with Gasteiger partial charge in [0.05, 0.1) is 6.04 Å². The van der Waals surface area contributed by atoms with Crippen molar-refractivity contribution in [2.75, 3.05) is 26.2 Å². The Morgan fingerprint density at radius 1 is 0.453 bits per heavy atom. The lowest BCUT2D eigenvalue weighted by Crippen LogP contribution is -2.61. The Balaban J connectivity index is 1.33. The standard InChI is InChI=1S/C69H103N13O13/c1-40(2)35-50(75-59(84)48(23-15-31-70)73-65(90)57(72)42(5)6)61(86)78-53(38-45-21-13-10-14-22-45)68(93)82-34-18-26-56(82)64(89)80-58(43(7)8)66(91)74-49(24-16-32-71)60(85)76-51(36-41(3)4)62(87)77-52(37-44-19-11-9-12-20-44)67(92)81-33-17-25-55(81)63(88)79-54(69(94)95)39-46-27-29-47(83)30-28-46/h9-14,19-22,27-30,40-43,48-58,83H,15-18,23-26,31-39,70-72H2,1-8H3,(H,73,90)(H,74,91)(H,75,84)(H,76,85)(H,77,87)(H,78,86)(H,79,88)(H,80,89)(H,94,95)/t48-,49-,50-,51-,52+,53+,54+,55-,56-,57-,58-/m0/s1. The third kappa shape index (κ3) is 24.0.